The number of carbonyl (C=O) groups excluding carboxylic acids is 3. The van der Waals surface area contributed by atoms with E-state index in [2.05, 4.69) is 20.9 Å². The van der Waals surface area contributed by atoms with Gasteiger partial charge < -0.3 is 25.4 Å². The summed E-state index contributed by atoms with van der Waals surface area (Å²) in [5, 5.41) is 8.64. The SMILES string of the molecule is COc1ccc(OC)c(/C=C(\NC(=O)c2ccccc2)C(=O)Nc2ccc(SC(C)C(=O)Nc3nc4ccccc4s3)cc2)c1. The Balaban J connectivity index is 1.28. The zero-order valence-corrected chi connectivity index (χ0v) is 26.3. The molecule has 1 heterocycles. The minimum Gasteiger partial charge on any atom is -0.497 e. The van der Waals surface area contributed by atoms with E-state index >= 15 is 0 Å². The first-order valence-corrected chi connectivity index (χ1v) is 15.6. The monoisotopic (exact) mass is 638 g/mol. The predicted octanol–water partition coefficient (Wildman–Crippen LogP) is 6.84. The molecule has 5 aromatic rings. The molecule has 0 radical (unpaired) electrons. The van der Waals surface area contributed by atoms with Crippen LogP contribution in [0.25, 0.3) is 16.3 Å². The molecule has 0 aliphatic rings. The molecule has 0 fully saturated rings. The molecule has 3 N–H and O–H groups in total. The Morgan fingerprint density at radius 1 is 0.867 bits per heavy atom. The van der Waals surface area contributed by atoms with Gasteiger partial charge in [-0.25, -0.2) is 4.98 Å². The second-order valence-corrected chi connectivity index (χ2v) is 12.1. The van der Waals surface area contributed by atoms with Gasteiger partial charge in [-0.05, 0) is 79.7 Å². The van der Waals surface area contributed by atoms with Crippen molar-refractivity contribution in [3.8, 4) is 11.5 Å². The third kappa shape index (κ3) is 8.08. The van der Waals surface area contributed by atoms with Crippen LogP contribution in [-0.2, 0) is 9.59 Å². The maximum absolute atomic E-state index is 13.5. The lowest BCUT2D eigenvalue weighted by Crippen LogP contribution is -2.30. The van der Waals surface area contributed by atoms with Gasteiger partial charge in [0, 0.05) is 21.7 Å². The van der Waals surface area contributed by atoms with Crippen LogP contribution >= 0.6 is 23.1 Å². The van der Waals surface area contributed by atoms with Gasteiger partial charge in [0.25, 0.3) is 11.8 Å². The van der Waals surface area contributed by atoms with Crippen molar-refractivity contribution in [2.75, 3.05) is 24.9 Å². The van der Waals surface area contributed by atoms with Gasteiger partial charge in [0.05, 0.1) is 29.7 Å². The Kier molecular flexibility index (Phi) is 10.1. The summed E-state index contributed by atoms with van der Waals surface area (Å²) in [4.78, 5) is 44.7. The topological polar surface area (TPSA) is 119 Å². The van der Waals surface area contributed by atoms with Crippen molar-refractivity contribution in [1.29, 1.82) is 0 Å². The molecule has 45 heavy (non-hydrogen) atoms. The van der Waals surface area contributed by atoms with E-state index in [0.717, 1.165) is 15.1 Å². The van der Waals surface area contributed by atoms with Gasteiger partial charge in [0.1, 0.15) is 17.2 Å². The van der Waals surface area contributed by atoms with Crippen LogP contribution in [0.5, 0.6) is 11.5 Å². The molecular weight excluding hydrogens is 609 g/mol. The molecule has 4 aromatic carbocycles. The number of thioether (sulfide) groups is 1. The highest BCUT2D eigenvalue weighted by Gasteiger charge is 2.18. The largest absolute Gasteiger partial charge is 0.497 e. The average Bonchev–Trinajstić information content (AvgIpc) is 3.48. The molecule has 1 atom stereocenters. The summed E-state index contributed by atoms with van der Waals surface area (Å²) in [5.41, 5.74) is 2.30. The van der Waals surface area contributed by atoms with E-state index in [9.17, 15) is 14.4 Å². The fourth-order valence-electron chi connectivity index (χ4n) is 4.26. The highest BCUT2D eigenvalue weighted by molar-refractivity contribution is 8.00. The summed E-state index contributed by atoms with van der Waals surface area (Å²) in [5.74, 6) is -0.0739. The normalized spacial score (nSPS) is 11.8. The molecule has 9 nitrogen and oxygen atoms in total. The van der Waals surface area contributed by atoms with Crippen LogP contribution in [0.4, 0.5) is 10.8 Å². The molecule has 1 aromatic heterocycles. The predicted molar refractivity (Wildman–Crippen MR) is 180 cm³/mol. The zero-order valence-electron chi connectivity index (χ0n) is 24.7. The summed E-state index contributed by atoms with van der Waals surface area (Å²) in [6.07, 6.45) is 1.54. The van der Waals surface area contributed by atoms with Gasteiger partial charge in [-0.3, -0.25) is 14.4 Å². The number of benzene rings is 4. The number of carbonyl (C=O) groups is 3. The van der Waals surface area contributed by atoms with E-state index in [1.807, 2.05) is 43.3 Å². The minimum atomic E-state index is -0.534. The van der Waals surface area contributed by atoms with E-state index in [1.54, 1.807) is 60.7 Å². The van der Waals surface area contributed by atoms with Crippen LogP contribution < -0.4 is 25.4 Å². The fourth-order valence-corrected chi connectivity index (χ4v) is 5.99. The number of rotatable bonds is 11. The highest BCUT2D eigenvalue weighted by Crippen LogP contribution is 2.29. The number of hydrogen-bond donors (Lipinski definition) is 3. The number of nitrogens with zero attached hydrogens (tertiary/aromatic N) is 1. The van der Waals surface area contributed by atoms with E-state index in [1.165, 1.54) is 43.4 Å². The quantitative estimate of drug-likeness (QED) is 0.107. The van der Waals surface area contributed by atoms with Gasteiger partial charge >= 0.3 is 0 Å². The molecule has 228 valence electrons. The molecule has 0 aliphatic heterocycles. The van der Waals surface area contributed by atoms with Gasteiger partial charge in [-0.1, -0.05) is 41.7 Å². The molecule has 3 amide bonds. The average molecular weight is 639 g/mol. The Bertz CT molecular complexity index is 1820. The number of nitrogens with one attached hydrogen (secondary N) is 3. The van der Waals surface area contributed by atoms with Crippen molar-refractivity contribution >= 4 is 67.9 Å². The number of ether oxygens (including phenoxy) is 2. The molecule has 0 saturated heterocycles. The second kappa shape index (κ2) is 14.6. The summed E-state index contributed by atoms with van der Waals surface area (Å²) in [6, 6.07) is 28.6. The lowest BCUT2D eigenvalue weighted by molar-refractivity contribution is -0.115. The van der Waals surface area contributed by atoms with E-state index in [4.69, 9.17) is 9.47 Å². The van der Waals surface area contributed by atoms with Gasteiger partial charge in [0.2, 0.25) is 5.91 Å². The number of methoxy groups -OCH3 is 2. The number of hydrogen-bond acceptors (Lipinski definition) is 8. The standard InChI is InChI=1S/C34H30N4O5S2/c1-21(31(39)38-34-37-27-11-7-8-12-30(27)45-34)44-26-16-13-24(14-17-26)35-33(41)28(36-32(40)22-9-5-4-6-10-22)20-23-19-25(42-2)15-18-29(23)43-3/h4-21H,1-3H3,(H,35,41)(H,36,40)(H,37,38,39)/b28-20-. The molecular formula is C34H30N4O5S2. The van der Waals surface area contributed by atoms with E-state index in [0.29, 0.717) is 33.4 Å². The smallest absolute Gasteiger partial charge is 0.272 e. The fraction of sp³-hybridized carbons (Fsp3) is 0.118. The summed E-state index contributed by atoms with van der Waals surface area (Å²) < 4.78 is 11.8. The van der Waals surface area contributed by atoms with Crippen LogP contribution in [0.1, 0.15) is 22.8 Å². The van der Waals surface area contributed by atoms with Gasteiger partial charge in [-0.15, -0.1) is 11.8 Å². The van der Waals surface area contributed by atoms with Crippen molar-refractivity contribution in [3.63, 3.8) is 0 Å². The van der Waals surface area contributed by atoms with Crippen molar-refractivity contribution in [2.45, 2.75) is 17.1 Å². The molecule has 0 aliphatic carbocycles. The lowest BCUT2D eigenvalue weighted by atomic mass is 10.1. The van der Waals surface area contributed by atoms with Crippen molar-refractivity contribution in [3.05, 3.63) is 114 Å². The van der Waals surface area contributed by atoms with Gasteiger partial charge in [-0.2, -0.15) is 0 Å². The number of anilines is 2. The van der Waals surface area contributed by atoms with Crippen LogP contribution in [0.3, 0.4) is 0 Å². The first-order chi connectivity index (χ1) is 21.8. The number of thiazole rings is 1. The van der Waals surface area contributed by atoms with Crippen LogP contribution in [0.2, 0.25) is 0 Å². The minimum absolute atomic E-state index is 0.00833. The van der Waals surface area contributed by atoms with Crippen molar-refractivity contribution in [1.82, 2.24) is 10.3 Å². The number of amides is 3. The van der Waals surface area contributed by atoms with Crippen LogP contribution in [-0.4, -0.2) is 42.2 Å². The number of para-hydroxylation sites is 1. The van der Waals surface area contributed by atoms with E-state index in [-0.39, 0.29) is 11.6 Å². The van der Waals surface area contributed by atoms with Crippen LogP contribution in [0, 0.1) is 0 Å². The molecule has 1 unspecified atom stereocenters. The van der Waals surface area contributed by atoms with Crippen LogP contribution in [0.15, 0.2) is 108 Å². The van der Waals surface area contributed by atoms with Crippen molar-refractivity contribution in [2.24, 2.45) is 0 Å². The van der Waals surface area contributed by atoms with E-state index < -0.39 is 17.1 Å². The second-order valence-electron chi connectivity index (χ2n) is 9.70. The zero-order chi connectivity index (χ0) is 31.8. The van der Waals surface area contributed by atoms with Crippen molar-refractivity contribution < 1.29 is 23.9 Å². The maximum Gasteiger partial charge on any atom is 0.272 e. The lowest BCUT2D eigenvalue weighted by Gasteiger charge is -2.14. The Morgan fingerprint density at radius 3 is 2.31 bits per heavy atom. The first kappa shape index (κ1) is 31.3. The number of aromatic nitrogens is 1. The molecule has 11 heteroatoms. The molecule has 5 rings (SSSR count). The Hall–Kier alpha value is -5.13. The Labute approximate surface area is 268 Å². The third-order valence-electron chi connectivity index (χ3n) is 6.58. The first-order valence-electron chi connectivity index (χ1n) is 13.9. The third-order valence-corrected chi connectivity index (χ3v) is 8.65. The molecule has 0 saturated carbocycles. The summed E-state index contributed by atoms with van der Waals surface area (Å²) in [6.45, 7) is 1.82. The molecule has 0 bridgehead atoms. The highest BCUT2D eigenvalue weighted by atomic mass is 32.2. The number of fused-ring (bicyclic) bond motifs is 1. The maximum atomic E-state index is 13.5. The summed E-state index contributed by atoms with van der Waals surface area (Å²) in [7, 11) is 3.06. The Morgan fingerprint density at radius 2 is 1.60 bits per heavy atom. The van der Waals surface area contributed by atoms with Gasteiger partial charge in [0.15, 0.2) is 5.13 Å². The summed E-state index contributed by atoms with van der Waals surface area (Å²) >= 11 is 2.81. The molecule has 0 spiro atoms.